The van der Waals surface area contributed by atoms with Gasteiger partial charge >= 0.3 is 17.9 Å². The van der Waals surface area contributed by atoms with Crippen molar-refractivity contribution in [3.63, 3.8) is 0 Å². The molecule has 34 heavy (non-hydrogen) atoms. The molecule has 0 fully saturated rings. The van der Waals surface area contributed by atoms with Crippen LogP contribution in [0.3, 0.4) is 0 Å². The molecule has 194 valence electrons. The molecule has 0 aromatic rings. The highest BCUT2D eigenvalue weighted by molar-refractivity contribution is 7.98. The monoisotopic (exact) mass is 507 g/mol. The number of carboxylic acids is 3. The minimum atomic E-state index is -1.64. The van der Waals surface area contributed by atoms with Crippen LogP contribution in [0.15, 0.2) is 0 Å². The largest absolute Gasteiger partial charge is 0.481 e. The number of hydrogen-bond acceptors (Lipinski definition) is 9. The Morgan fingerprint density at radius 2 is 1.29 bits per heavy atom. The van der Waals surface area contributed by atoms with Gasteiger partial charge in [-0.25, -0.2) is 4.79 Å². The third-order valence-corrected chi connectivity index (χ3v) is 5.19. The number of hydrogen-bond donors (Lipinski definition) is 8. The summed E-state index contributed by atoms with van der Waals surface area (Å²) in [6, 6.07) is -5.59. The molecule has 0 saturated carbocycles. The van der Waals surface area contributed by atoms with Gasteiger partial charge in [-0.15, -0.1) is 0 Å². The summed E-state index contributed by atoms with van der Waals surface area (Å²) in [4.78, 5) is 70.9. The standard InChI is InChI=1S/C19H33N5O9S/c1-34-7-5-11(17(30)23-12(19(32)33)4-2-3-6-20)22-18(31)13(9-15(27)28)24-16(29)10(21)8-14(25)26/h10-13H,2-9,20-21H2,1H3,(H,22,31)(H,23,30)(H,24,29)(H,25,26)(H,27,28)(H,32,33). The SMILES string of the molecule is CSCCC(NC(=O)C(CC(=O)O)NC(=O)C(N)CC(=O)O)C(=O)NC(CCCCN)C(=O)O. The van der Waals surface area contributed by atoms with Gasteiger partial charge in [-0.2, -0.15) is 11.8 Å². The van der Waals surface area contributed by atoms with Crippen molar-refractivity contribution in [1.82, 2.24) is 16.0 Å². The Bertz CT molecular complexity index is 737. The third kappa shape index (κ3) is 13.0. The molecule has 15 heteroatoms. The topological polar surface area (TPSA) is 251 Å². The Morgan fingerprint density at radius 3 is 1.79 bits per heavy atom. The lowest BCUT2D eigenvalue weighted by atomic mass is 10.1. The van der Waals surface area contributed by atoms with Gasteiger partial charge < -0.3 is 42.7 Å². The Kier molecular flexibility index (Phi) is 15.2. The van der Waals surface area contributed by atoms with Gasteiger partial charge in [0.15, 0.2) is 0 Å². The van der Waals surface area contributed by atoms with Gasteiger partial charge in [-0.1, -0.05) is 0 Å². The Hall–Kier alpha value is -2.91. The van der Waals surface area contributed by atoms with E-state index in [9.17, 15) is 33.9 Å². The minimum absolute atomic E-state index is 0.0974. The number of carbonyl (C=O) groups excluding carboxylic acids is 3. The number of aliphatic carboxylic acids is 3. The maximum atomic E-state index is 12.7. The molecule has 10 N–H and O–H groups in total. The van der Waals surface area contributed by atoms with Crippen molar-refractivity contribution in [2.24, 2.45) is 11.5 Å². The second-order valence-corrected chi connectivity index (χ2v) is 8.38. The highest BCUT2D eigenvalue weighted by Gasteiger charge is 2.31. The molecule has 0 aliphatic rings. The van der Waals surface area contributed by atoms with Crippen molar-refractivity contribution in [1.29, 1.82) is 0 Å². The zero-order valence-corrected chi connectivity index (χ0v) is 19.6. The van der Waals surface area contributed by atoms with E-state index < -0.39 is 72.6 Å². The molecular weight excluding hydrogens is 474 g/mol. The van der Waals surface area contributed by atoms with Crippen molar-refractivity contribution in [2.45, 2.75) is 62.7 Å². The summed E-state index contributed by atoms with van der Waals surface area (Å²) in [7, 11) is 0. The minimum Gasteiger partial charge on any atom is -0.481 e. The molecule has 0 aromatic carbocycles. The van der Waals surface area contributed by atoms with Crippen LogP contribution in [-0.2, 0) is 28.8 Å². The fourth-order valence-corrected chi connectivity index (χ4v) is 3.21. The van der Waals surface area contributed by atoms with Crippen molar-refractivity contribution < 1.29 is 44.1 Å². The molecule has 0 bridgehead atoms. The summed E-state index contributed by atoms with van der Waals surface area (Å²) in [6.45, 7) is 0.361. The predicted octanol–water partition coefficient (Wildman–Crippen LogP) is -2.32. The van der Waals surface area contributed by atoms with Gasteiger partial charge in [0.25, 0.3) is 0 Å². The van der Waals surface area contributed by atoms with Crippen LogP contribution >= 0.6 is 11.8 Å². The van der Waals surface area contributed by atoms with Crippen molar-refractivity contribution in [3.05, 3.63) is 0 Å². The van der Waals surface area contributed by atoms with E-state index in [1.807, 2.05) is 0 Å². The van der Waals surface area contributed by atoms with Crippen LogP contribution in [-0.4, -0.2) is 93.7 Å². The molecule has 0 spiro atoms. The second kappa shape index (κ2) is 16.7. The molecule has 4 atom stereocenters. The van der Waals surface area contributed by atoms with E-state index in [2.05, 4.69) is 16.0 Å². The Balaban J connectivity index is 5.44. The number of carboxylic acid groups (broad SMARTS) is 3. The first-order chi connectivity index (χ1) is 15.9. The van der Waals surface area contributed by atoms with Gasteiger partial charge in [-0.3, -0.25) is 24.0 Å². The average Bonchev–Trinajstić information content (AvgIpc) is 2.74. The maximum Gasteiger partial charge on any atom is 0.326 e. The maximum absolute atomic E-state index is 12.7. The predicted molar refractivity (Wildman–Crippen MR) is 122 cm³/mol. The number of unbranched alkanes of at least 4 members (excludes halogenated alkanes) is 1. The molecule has 0 heterocycles. The van der Waals surface area contributed by atoms with Crippen LogP contribution in [0.1, 0.15) is 38.5 Å². The second-order valence-electron chi connectivity index (χ2n) is 7.39. The molecule has 0 aliphatic heterocycles. The first kappa shape index (κ1) is 31.1. The molecule has 0 aliphatic carbocycles. The van der Waals surface area contributed by atoms with E-state index in [1.165, 1.54) is 11.8 Å². The molecule has 0 aromatic heterocycles. The molecule has 0 radical (unpaired) electrons. The van der Waals surface area contributed by atoms with E-state index in [0.29, 0.717) is 25.1 Å². The van der Waals surface area contributed by atoms with E-state index >= 15 is 0 Å². The van der Waals surface area contributed by atoms with Crippen LogP contribution in [0.4, 0.5) is 0 Å². The number of nitrogens with one attached hydrogen (secondary N) is 3. The highest BCUT2D eigenvalue weighted by atomic mass is 32.2. The lowest BCUT2D eigenvalue weighted by Gasteiger charge is -2.24. The fourth-order valence-electron chi connectivity index (χ4n) is 2.74. The number of carbonyl (C=O) groups is 6. The van der Waals surface area contributed by atoms with Gasteiger partial charge in [0.05, 0.1) is 18.9 Å². The van der Waals surface area contributed by atoms with Crippen LogP contribution in [0, 0.1) is 0 Å². The smallest absolute Gasteiger partial charge is 0.326 e. The zero-order chi connectivity index (χ0) is 26.3. The van der Waals surface area contributed by atoms with Crippen LogP contribution < -0.4 is 27.4 Å². The highest BCUT2D eigenvalue weighted by Crippen LogP contribution is 2.06. The van der Waals surface area contributed by atoms with Crippen LogP contribution in [0.2, 0.25) is 0 Å². The number of thioether (sulfide) groups is 1. The summed E-state index contributed by atoms with van der Waals surface area (Å²) < 4.78 is 0. The van der Waals surface area contributed by atoms with Crippen molar-refractivity contribution >= 4 is 47.4 Å². The van der Waals surface area contributed by atoms with E-state index in [4.69, 9.17) is 21.7 Å². The summed E-state index contributed by atoms with van der Waals surface area (Å²) in [5.41, 5.74) is 10.8. The summed E-state index contributed by atoms with van der Waals surface area (Å²) in [5.74, 6) is -6.52. The Morgan fingerprint density at radius 1 is 0.765 bits per heavy atom. The first-order valence-electron chi connectivity index (χ1n) is 10.4. The van der Waals surface area contributed by atoms with Gasteiger partial charge in [0, 0.05) is 0 Å². The first-order valence-corrected chi connectivity index (χ1v) is 11.8. The van der Waals surface area contributed by atoms with Crippen LogP contribution in [0.5, 0.6) is 0 Å². The molecule has 14 nitrogen and oxygen atoms in total. The summed E-state index contributed by atoms with van der Waals surface area (Å²) >= 11 is 1.36. The van der Waals surface area contributed by atoms with E-state index in [-0.39, 0.29) is 12.8 Å². The average molecular weight is 508 g/mol. The third-order valence-electron chi connectivity index (χ3n) is 4.55. The van der Waals surface area contributed by atoms with Gasteiger partial charge in [0.1, 0.15) is 18.1 Å². The van der Waals surface area contributed by atoms with Crippen molar-refractivity contribution in [3.8, 4) is 0 Å². The number of amides is 3. The van der Waals surface area contributed by atoms with Crippen molar-refractivity contribution in [2.75, 3.05) is 18.6 Å². The molecule has 4 unspecified atom stereocenters. The Labute approximate surface area is 200 Å². The summed E-state index contributed by atoms with van der Waals surface area (Å²) in [5, 5.41) is 34.0. The lowest BCUT2D eigenvalue weighted by molar-refractivity contribution is -0.143. The molecule has 0 rings (SSSR count). The lowest BCUT2D eigenvalue weighted by Crippen LogP contribution is -2.57. The van der Waals surface area contributed by atoms with Crippen LogP contribution in [0.25, 0.3) is 0 Å². The zero-order valence-electron chi connectivity index (χ0n) is 18.8. The summed E-state index contributed by atoms with van der Waals surface area (Å²) in [6.07, 6.45) is 1.39. The fraction of sp³-hybridized carbons (Fsp3) is 0.684. The van der Waals surface area contributed by atoms with Gasteiger partial charge in [-0.05, 0) is 44.2 Å². The van der Waals surface area contributed by atoms with E-state index in [1.54, 1.807) is 6.26 Å². The van der Waals surface area contributed by atoms with E-state index in [0.717, 1.165) is 0 Å². The quantitative estimate of drug-likeness (QED) is 0.0910. The number of nitrogens with two attached hydrogens (primary N) is 2. The molecular formula is C19H33N5O9S. The molecule has 0 saturated heterocycles. The normalized spacial score (nSPS) is 14.2. The molecule has 3 amide bonds. The number of rotatable bonds is 18. The van der Waals surface area contributed by atoms with Gasteiger partial charge in [0.2, 0.25) is 17.7 Å².